The molecule has 0 N–H and O–H groups in total. The Morgan fingerprint density at radius 1 is 0.667 bits per heavy atom. The third-order valence-corrected chi connectivity index (χ3v) is 2.61. The fraction of sp³-hybridized carbons (Fsp3) is 0.0556. The van der Waals surface area contributed by atoms with Gasteiger partial charge in [0.15, 0.2) is 0 Å². The highest BCUT2D eigenvalue weighted by Crippen LogP contribution is 2.05. The van der Waals surface area contributed by atoms with Crippen molar-refractivity contribution in [3.63, 3.8) is 0 Å². The Morgan fingerprint density at radius 2 is 1.22 bits per heavy atom. The molecule has 0 nitrogen and oxygen atoms in total. The Labute approximate surface area is 109 Å². The first-order chi connectivity index (χ1) is 8.95. The third-order valence-electron chi connectivity index (χ3n) is 2.61. The summed E-state index contributed by atoms with van der Waals surface area (Å²) in [5.74, 6) is 0. The monoisotopic (exact) mass is 233 g/mol. The third kappa shape index (κ3) is 4.42. The summed E-state index contributed by atoms with van der Waals surface area (Å²) in [7, 11) is 0. The lowest BCUT2D eigenvalue weighted by molar-refractivity contribution is 1.30. The molecule has 0 spiro atoms. The van der Waals surface area contributed by atoms with Crippen LogP contribution in [0.1, 0.15) is 17.5 Å². The average Bonchev–Trinajstić information content (AvgIpc) is 2.45. The van der Waals surface area contributed by atoms with Crippen LogP contribution >= 0.6 is 0 Å². The summed E-state index contributed by atoms with van der Waals surface area (Å²) in [6.45, 7) is 0. The van der Waals surface area contributed by atoms with Gasteiger partial charge in [-0.2, -0.15) is 0 Å². The van der Waals surface area contributed by atoms with Gasteiger partial charge in [0.25, 0.3) is 0 Å². The van der Waals surface area contributed by atoms with Gasteiger partial charge in [0, 0.05) is 0 Å². The van der Waals surface area contributed by atoms with Crippen molar-refractivity contribution in [1.82, 2.24) is 0 Å². The molecule has 0 heteroatoms. The van der Waals surface area contributed by atoms with Crippen LogP contribution < -0.4 is 0 Å². The minimum atomic E-state index is 0.957. The van der Waals surface area contributed by atoms with Crippen LogP contribution in [0.2, 0.25) is 0 Å². The molecule has 2 aromatic carbocycles. The molecule has 0 bridgehead atoms. The Hall–Kier alpha value is -2.08. The molecule has 2 rings (SSSR count). The van der Waals surface area contributed by atoms with Crippen LogP contribution in [0.4, 0.5) is 0 Å². The minimum absolute atomic E-state index is 0.957. The van der Waals surface area contributed by atoms with E-state index in [1.165, 1.54) is 11.1 Å². The normalized spacial score (nSPS) is 11.3. The summed E-state index contributed by atoms with van der Waals surface area (Å²) < 4.78 is 0. The van der Waals surface area contributed by atoms with E-state index in [1.807, 2.05) is 12.1 Å². The van der Waals surface area contributed by atoms with E-state index in [9.17, 15) is 0 Å². The topological polar surface area (TPSA) is 0 Å². The fourth-order valence-electron chi connectivity index (χ4n) is 1.67. The zero-order valence-electron chi connectivity index (χ0n) is 10.4. The molecule has 0 unspecified atom stereocenters. The van der Waals surface area contributed by atoms with Gasteiger partial charge in [0.05, 0.1) is 0 Å². The van der Waals surface area contributed by atoms with Gasteiger partial charge in [-0.1, -0.05) is 85.0 Å². The van der Waals surface area contributed by atoms with Crippen molar-refractivity contribution >= 4 is 12.2 Å². The molecule has 0 heterocycles. The Balaban J connectivity index is 1.73. The molecule has 1 radical (unpaired) electrons. The van der Waals surface area contributed by atoms with Crippen LogP contribution in [-0.4, -0.2) is 0 Å². The molecule has 0 saturated heterocycles. The highest BCUT2D eigenvalue weighted by molar-refractivity contribution is 5.51. The second-order valence-corrected chi connectivity index (χ2v) is 4.05. The summed E-state index contributed by atoms with van der Waals surface area (Å²) in [4.78, 5) is 0. The summed E-state index contributed by atoms with van der Waals surface area (Å²) in [5, 5.41) is 0. The molecule has 0 fully saturated rings. The van der Waals surface area contributed by atoms with Gasteiger partial charge in [-0.15, -0.1) is 0 Å². The Bertz CT molecular complexity index is 443. The number of hydrogen-bond acceptors (Lipinski definition) is 0. The second kappa shape index (κ2) is 7.29. The van der Waals surface area contributed by atoms with Crippen LogP contribution in [0.15, 0.2) is 72.8 Å². The predicted octanol–water partition coefficient (Wildman–Crippen LogP) is 5.01. The first-order valence-corrected chi connectivity index (χ1v) is 6.22. The highest BCUT2D eigenvalue weighted by Gasteiger charge is 1.84. The fourth-order valence-corrected chi connectivity index (χ4v) is 1.67. The summed E-state index contributed by atoms with van der Waals surface area (Å²) in [6.07, 6.45) is 11.7. The number of benzene rings is 2. The maximum Gasteiger partial charge on any atom is -0.0129 e. The Kier molecular flexibility index (Phi) is 5.01. The largest absolute Gasteiger partial charge is 0.0833 e. The van der Waals surface area contributed by atoms with Crippen LogP contribution in [0.3, 0.4) is 0 Å². The summed E-state index contributed by atoms with van der Waals surface area (Å²) in [5.41, 5.74) is 2.48. The molecule has 89 valence electrons. The lowest BCUT2D eigenvalue weighted by Crippen LogP contribution is -1.71. The SMILES string of the molecule is [CH](/C=C/c1ccccc1)C/C=C/c1ccccc1. The van der Waals surface area contributed by atoms with Gasteiger partial charge < -0.3 is 0 Å². The summed E-state index contributed by atoms with van der Waals surface area (Å²) >= 11 is 0. The molecule has 0 aliphatic carbocycles. The lowest BCUT2D eigenvalue weighted by Gasteiger charge is -1.92. The van der Waals surface area contributed by atoms with Gasteiger partial charge in [0.1, 0.15) is 0 Å². The van der Waals surface area contributed by atoms with Crippen molar-refractivity contribution in [2.45, 2.75) is 6.42 Å². The summed E-state index contributed by atoms with van der Waals surface area (Å²) in [6, 6.07) is 20.7. The van der Waals surface area contributed by atoms with Crippen molar-refractivity contribution in [3.05, 3.63) is 90.4 Å². The standard InChI is InChI=1S/C18H17/c1(5-11-17-13-7-3-8-14-17)2-6-12-18-15-9-4-10-16-18/h1,3-16H,2H2/b11-5+,12-6+. The molecule has 0 atom stereocenters. The minimum Gasteiger partial charge on any atom is -0.0833 e. The van der Waals surface area contributed by atoms with E-state index in [-0.39, 0.29) is 0 Å². The van der Waals surface area contributed by atoms with Crippen LogP contribution in [0.25, 0.3) is 12.2 Å². The molecular weight excluding hydrogens is 216 g/mol. The van der Waals surface area contributed by atoms with Crippen molar-refractivity contribution in [2.75, 3.05) is 0 Å². The van der Waals surface area contributed by atoms with E-state index in [0.717, 1.165) is 6.42 Å². The first-order valence-electron chi connectivity index (χ1n) is 6.22. The van der Waals surface area contributed by atoms with E-state index in [0.29, 0.717) is 0 Å². The van der Waals surface area contributed by atoms with Gasteiger partial charge in [0.2, 0.25) is 0 Å². The maximum atomic E-state index is 2.17. The molecule has 0 saturated carbocycles. The van der Waals surface area contributed by atoms with Gasteiger partial charge >= 0.3 is 0 Å². The van der Waals surface area contributed by atoms with Crippen molar-refractivity contribution in [2.24, 2.45) is 0 Å². The van der Waals surface area contributed by atoms with E-state index < -0.39 is 0 Å². The van der Waals surface area contributed by atoms with E-state index in [1.54, 1.807) is 0 Å². The lowest BCUT2D eigenvalue weighted by atomic mass is 10.1. The van der Waals surface area contributed by atoms with Crippen LogP contribution in [0.5, 0.6) is 0 Å². The van der Waals surface area contributed by atoms with Gasteiger partial charge in [-0.05, 0) is 24.0 Å². The molecule has 2 aromatic rings. The zero-order valence-corrected chi connectivity index (χ0v) is 10.4. The molecular formula is C18H17. The highest BCUT2D eigenvalue weighted by atomic mass is 13.9. The van der Waals surface area contributed by atoms with E-state index in [2.05, 4.69) is 79.3 Å². The van der Waals surface area contributed by atoms with Crippen LogP contribution in [0, 0.1) is 6.42 Å². The van der Waals surface area contributed by atoms with Crippen LogP contribution in [-0.2, 0) is 0 Å². The molecule has 0 aliphatic rings. The predicted molar refractivity (Wildman–Crippen MR) is 79.9 cm³/mol. The number of allylic oxidation sites excluding steroid dienone is 2. The molecule has 0 amide bonds. The molecule has 0 aliphatic heterocycles. The molecule has 0 aromatic heterocycles. The number of hydrogen-bond donors (Lipinski definition) is 0. The Morgan fingerprint density at radius 3 is 1.83 bits per heavy atom. The van der Waals surface area contributed by atoms with Gasteiger partial charge in [-0.25, -0.2) is 0 Å². The second-order valence-electron chi connectivity index (χ2n) is 4.05. The van der Waals surface area contributed by atoms with Crippen molar-refractivity contribution < 1.29 is 0 Å². The van der Waals surface area contributed by atoms with Crippen molar-refractivity contribution in [1.29, 1.82) is 0 Å². The number of rotatable bonds is 5. The smallest absolute Gasteiger partial charge is 0.0129 e. The van der Waals surface area contributed by atoms with Gasteiger partial charge in [-0.3, -0.25) is 0 Å². The average molecular weight is 233 g/mol. The molecule has 18 heavy (non-hydrogen) atoms. The maximum absolute atomic E-state index is 2.17. The zero-order chi connectivity index (χ0) is 12.5. The van der Waals surface area contributed by atoms with E-state index >= 15 is 0 Å². The van der Waals surface area contributed by atoms with Crippen molar-refractivity contribution in [3.8, 4) is 0 Å². The quantitative estimate of drug-likeness (QED) is 0.637. The number of unbranched alkanes of at least 4 members (excludes halogenated alkanes) is 1. The first kappa shape index (κ1) is 12.4. The van der Waals surface area contributed by atoms with E-state index in [4.69, 9.17) is 0 Å².